The summed E-state index contributed by atoms with van der Waals surface area (Å²) in [5.41, 5.74) is 2.00. The number of ketones is 1. The van der Waals surface area contributed by atoms with Crippen LogP contribution >= 0.6 is 0 Å². The molecule has 0 spiro atoms. The molecule has 0 saturated heterocycles. The van der Waals surface area contributed by atoms with Crippen LogP contribution in [0.15, 0.2) is 65.3 Å². The van der Waals surface area contributed by atoms with E-state index < -0.39 is 5.82 Å². The zero-order valence-electron chi connectivity index (χ0n) is 17.3. The summed E-state index contributed by atoms with van der Waals surface area (Å²) in [6.07, 6.45) is 1.71. The summed E-state index contributed by atoms with van der Waals surface area (Å²) in [6, 6.07) is 14.6. The van der Waals surface area contributed by atoms with Gasteiger partial charge in [-0.2, -0.15) is 4.98 Å². The largest absolute Gasteiger partial charge is 0.494 e. The van der Waals surface area contributed by atoms with Gasteiger partial charge < -0.3 is 19.1 Å². The topological polar surface area (TPSA) is 99.3 Å². The van der Waals surface area contributed by atoms with Gasteiger partial charge >= 0.3 is 0 Å². The second kappa shape index (κ2) is 8.84. The zero-order valence-corrected chi connectivity index (χ0v) is 17.3. The fourth-order valence-corrected chi connectivity index (χ4v) is 3.17. The Morgan fingerprint density at radius 3 is 2.75 bits per heavy atom. The van der Waals surface area contributed by atoms with Crippen LogP contribution in [0.2, 0.25) is 0 Å². The van der Waals surface area contributed by atoms with E-state index in [-0.39, 0.29) is 35.7 Å². The van der Waals surface area contributed by atoms with Crippen molar-refractivity contribution in [2.75, 3.05) is 12.4 Å². The molecule has 162 valence electrons. The lowest BCUT2D eigenvalue weighted by molar-refractivity contribution is -0.116. The van der Waals surface area contributed by atoms with Gasteiger partial charge in [-0.25, -0.2) is 4.39 Å². The molecule has 8 nitrogen and oxygen atoms in total. The van der Waals surface area contributed by atoms with E-state index in [1.165, 1.54) is 26.2 Å². The minimum absolute atomic E-state index is 0.0124. The van der Waals surface area contributed by atoms with Crippen molar-refractivity contribution >= 4 is 17.4 Å². The van der Waals surface area contributed by atoms with E-state index in [0.717, 1.165) is 0 Å². The molecule has 0 aliphatic heterocycles. The van der Waals surface area contributed by atoms with Crippen LogP contribution in [0.25, 0.3) is 23.0 Å². The van der Waals surface area contributed by atoms with Gasteiger partial charge in [-0.05, 0) is 49.4 Å². The SMILES string of the molecule is COc1ccc(-c2noc(-c3cccn3CC(=O)Nc3cccc(C(C)=O)c3)n2)cc1F. The van der Waals surface area contributed by atoms with Gasteiger partial charge in [-0.15, -0.1) is 0 Å². The fraction of sp³-hybridized carbons (Fsp3) is 0.130. The summed E-state index contributed by atoms with van der Waals surface area (Å²) in [5, 5.41) is 6.68. The normalized spacial score (nSPS) is 10.7. The molecular formula is C23H19FN4O4. The monoisotopic (exact) mass is 434 g/mol. The van der Waals surface area contributed by atoms with Gasteiger partial charge in [0.15, 0.2) is 17.3 Å². The van der Waals surface area contributed by atoms with Crippen molar-refractivity contribution in [3.05, 3.63) is 72.2 Å². The number of halogens is 1. The van der Waals surface area contributed by atoms with Crippen LogP contribution in [-0.2, 0) is 11.3 Å². The van der Waals surface area contributed by atoms with Crippen LogP contribution in [0.4, 0.5) is 10.1 Å². The molecule has 9 heteroatoms. The number of benzene rings is 2. The molecule has 4 aromatic rings. The summed E-state index contributed by atoms with van der Waals surface area (Å²) < 4.78 is 25.9. The molecule has 4 rings (SSSR count). The van der Waals surface area contributed by atoms with E-state index in [1.807, 2.05) is 0 Å². The summed E-state index contributed by atoms with van der Waals surface area (Å²) in [6.45, 7) is 1.45. The Hall–Kier alpha value is -4.27. The number of methoxy groups -OCH3 is 1. The molecule has 0 atom stereocenters. The first-order valence-corrected chi connectivity index (χ1v) is 9.68. The second-order valence-corrected chi connectivity index (χ2v) is 6.98. The summed E-state index contributed by atoms with van der Waals surface area (Å²) in [5.74, 6) is -0.401. The standard InChI is InChI=1S/C23H19FN4O4/c1-14(29)15-5-3-6-17(11-15)25-21(30)13-28-10-4-7-19(28)23-26-22(27-32-23)16-8-9-20(31-2)18(24)12-16/h3-12H,13H2,1-2H3,(H,25,30). The van der Waals surface area contributed by atoms with Crippen LogP contribution < -0.4 is 10.1 Å². The Kier molecular flexibility index (Phi) is 5.80. The van der Waals surface area contributed by atoms with Crippen LogP contribution in [0, 0.1) is 5.82 Å². The van der Waals surface area contributed by atoms with E-state index in [0.29, 0.717) is 22.5 Å². The fourth-order valence-electron chi connectivity index (χ4n) is 3.17. The molecule has 0 radical (unpaired) electrons. The maximum absolute atomic E-state index is 14.0. The van der Waals surface area contributed by atoms with Gasteiger partial charge in [0.05, 0.1) is 7.11 Å². The molecule has 0 saturated carbocycles. The first-order valence-electron chi connectivity index (χ1n) is 9.68. The lowest BCUT2D eigenvalue weighted by Gasteiger charge is -2.09. The highest BCUT2D eigenvalue weighted by molar-refractivity contribution is 5.97. The Morgan fingerprint density at radius 1 is 1.16 bits per heavy atom. The van der Waals surface area contributed by atoms with E-state index in [4.69, 9.17) is 9.26 Å². The number of anilines is 1. The number of nitrogens with one attached hydrogen (secondary N) is 1. The number of carbonyl (C=O) groups is 2. The first-order chi connectivity index (χ1) is 15.4. The molecule has 0 bridgehead atoms. The van der Waals surface area contributed by atoms with Gasteiger partial charge in [0.1, 0.15) is 12.2 Å². The molecule has 0 fully saturated rings. The van der Waals surface area contributed by atoms with Gasteiger partial charge in [0.2, 0.25) is 11.7 Å². The maximum atomic E-state index is 14.0. The van der Waals surface area contributed by atoms with E-state index in [2.05, 4.69) is 15.5 Å². The Morgan fingerprint density at radius 2 is 2.00 bits per heavy atom. The molecule has 1 amide bonds. The average molecular weight is 434 g/mol. The molecule has 2 aromatic heterocycles. The summed E-state index contributed by atoms with van der Waals surface area (Å²) >= 11 is 0. The van der Waals surface area contributed by atoms with Gasteiger partial charge in [0, 0.05) is 23.0 Å². The van der Waals surface area contributed by atoms with Crippen LogP contribution in [0.3, 0.4) is 0 Å². The molecule has 0 unspecified atom stereocenters. The maximum Gasteiger partial charge on any atom is 0.274 e. The van der Waals surface area contributed by atoms with Crippen molar-refractivity contribution in [3.63, 3.8) is 0 Å². The summed E-state index contributed by atoms with van der Waals surface area (Å²) in [7, 11) is 1.38. The average Bonchev–Trinajstić information content (AvgIpc) is 3.43. The number of hydrogen-bond donors (Lipinski definition) is 1. The second-order valence-electron chi connectivity index (χ2n) is 6.98. The van der Waals surface area contributed by atoms with E-state index in [1.54, 1.807) is 53.2 Å². The number of hydrogen-bond acceptors (Lipinski definition) is 6. The Bertz CT molecular complexity index is 1290. The van der Waals surface area contributed by atoms with Gasteiger partial charge in [0.25, 0.3) is 5.89 Å². The van der Waals surface area contributed by atoms with Crippen LogP contribution in [0.5, 0.6) is 5.75 Å². The van der Waals surface area contributed by atoms with Crippen molar-refractivity contribution in [2.45, 2.75) is 13.5 Å². The van der Waals surface area contributed by atoms with E-state index in [9.17, 15) is 14.0 Å². The third kappa shape index (κ3) is 4.41. The molecule has 32 heavy (non-hydrogen) atoms. The minimum Gasteiger partial charge on any atom is -0.494 e. The predicted molar refractivity (Wildman–Crippen MR) is 115 cm³/mol. The lowest BCUT2D eigenvalue weighted by atomic mass is 10.1. The van der Waals surface area contributed by atoms with Crippen molar-refractivity contribution in [1.29, 1.82) is 0 Å². The molecule has 0 aliphatic carbocycles. The quantitative estimate of drug-likeness (QED) is 0.438. The van der Waals surface area contributed by atoms with Crippen LogP contribution in [0.1, 0.15) is 17.3 Å². The van der Waals surface area contributed by atoms with Crippen LogP contribution in [-0.4, -0.2) is 33.5 Å². The molecular weight excluding hydrogens is 415 g/mol. The number of amides is 1. The van der Waals surface area contributed by atoms with Crippen molar-refractivity contribution in [3.8, 4) is 28.7 Å². The van der Waals surface area contributed by atoms with Crippen molar-refractivity contribution in [1.82, 2.24) is 14.7 Å². The number of rotatable bonds is 7. The Balaban J connectivity index is 1.51. The number of carbonyl (C=O) groups excluding carboxylic acids is 2. The molecule has 0 aliphatic rings. The van der Waals surface area contributed by atoms with E-state index >= 15 is 0 Å². The van der Waals surface area contributed by atoms with Gasteiger partial charge in [-0.3, -0.25) is 9.59 Å². The highest BCUT2D eigenvalue weighted by Crippen LogP contribution is 2.26. The highest BCUT2D eigenvalue weighted by atomic mass is 19.1. The zero-order chi connectivity index (χ0) is 22.7. The van der Waals surface area contributed by atoms with Gasteiger partial charge in [-0.1, -0.05) is 17.3 Å². The first kappa shape index (κ1) is 21.0. The number of ether oxygens (including phenoxy) is 1. The lowest BCUT2D eigenvalue weighted by Crippen LogP contribution is -2.19. The number of nitrogens with zero attached hydrogens (tertiary/aromatic N) is 3. The predicted octanol–water partition coefficient (Wildman–Crippen LogP) is 4.19. The summed E-state index contributed by atoms with van der Waals surface area (Å²) in [4.78, 5) is 28.4. The molecule has 1 N–H and O–H groups in total. The van der Waals surface area contributed by atoms with Crippen molar-refractivity contribution < 1.29 is 23.2 Å². The Labute approximate surface area is 182 Å². The smallest absolute Gasteiger partial charge is 0.274 e. The number of aromatic nitrogens is 3. The third-order valence-corrected chi connectivity index (χ3v) is 4.75. The number of Topliss-reactive ketones (excluding diaryl/α,β-unsaturated/α-hetero) is 1. The molecule has 2 aromatic carbocycles. The third-order valence-electron chi connectivity index (χ3n) is 4.75. The minimum atomic E-state index is -0.537. The van der Waals surface area contributed by atoms with Crippen molar-refractivity contribution in [2.24, 2.45) is 0 Å². The highest BCUT2D eigenvalue weighted by Gasteiger charge is 2.17. The molecule has 2 heterocycles.